The fourth-order valence-electron chi connectivity index (χ4n) is 2.94. The minimum absolute atomic E-state index is 0.0132. The Morgan fingerprint density at radius 3 is 3.00 bits per heavy atom. The summed E-state index contributed by atoms with van der Waals surface area (Å²) in [7, 11) is 0. The second-order valence-corrected chi connectivity index (χ2v) is 7.02. The van der Waals surface area contributed by atoms with E-state index in [4.69, 9.17) is 0 Å². The molecule has 2 aromatic heterocycles. The molecule has 1 aliphatic heterocycles. The van der Waals surface area contributed by atoms with Gasteiger partial charge in [-0.2, -0.15) is 4.98 Å². The quantitative estimate of drug-likeness (QED) is 0.847. The average Bonchev–Trinajstić information content (AvgIpc) is 3.08. The molecule has 1 atom stereocenters. The Morgan fingerprint density at radius 1 is 1.44 bits per heavy atom. The molecular formula is C17H24N6O2. The summed E-state index contributed by atoms with van der Waals surface area (Å²) >= 11 is 0. The zero-order valence-corrected chi connectivity index (χ0v) is 14.6. The number of imidazole rings is 1. The lowest BCUT2D eigenvalue weighted by Gasteiger charge is -2.34. The van der Waals surface area contributed by atoms with E-state index >= 15 is 0 Å². The number of aliphatic hydroxyl groups is 1. The van der Waals surface area contributed by atoms with E-state index in [0.29, 0.717) is 12.5 Å². The Labute approximate surface area is 146 Å². The summed E-state index contributed by atoms with van der Waals surface area (Å²) in [4.78, 5) is 26.9. The van der Waals surface area contributed by atoms with E-state index in [1.54, 1.807) is 43.3 Å². The number of likely N-dealkylation sites (tertiary alicyclic amines) is 1. The number of nitrogens with one attached hydrogen (secondary N) is 1. The summed E-state index contributed by atoms with van der Waals surface area (Å²) in [6.45, 7) is 4.66. The molecule has 1 saturated heterocycles. The Bertz CT molecular complexity index is 710. The topological polar surface area (TPSA) is 96.2 Å². The third-order valence-electron chi connectivity index (χ3n) is 4.09. The SMILES string of the molecule is CC(C)(O)CC(=O)N1CCC[C@@H](Nc2ccnc(-n3ccnc3)n2)C1. The van der Waals surface area contributed by atoms with Gasteiger partial charge in [0.2, 0.25) is 11.9 Å². The monoisotopic (exact) mass is 344 g/mol. The van der Waals surface area contributed by atoms with Gasteiger partial charge in [0.1, 0.15) is 12.1 Å². The molecule has 0 saturated carbocycles. The summed E-state index contributed by atoms with van der Waals surface area (Å²) in [6.07, 6.45) is 8.85. The van der Waals surface area contributed by atoms with E-state index in [9.17, 15) is 9.90 Å². The molecule has 0 spiro atoms. The second-order valence-electron chi connectivity index (χ2n) is 7.02. The number of hydrogen-bond donors (Lipinski definition) is 2. The fraction of sp³-hybridized carbons (Fsp3) is 0.529. The van der Waals surface area contributed by atoms with Crippen molar-refractivity contribution in [2.45, 2.75) is 44.8 Å². The standard InChI is InChI=1S/C17H24N6O2/c1-17(2,25)10-15(24)22-8-3-4-13(11-22)20-14-5-6-19-16(21-14)23-9-7-18-12-23/h5-7,9,12-13,25H,3-4,8,10-11H2,1-2H3,(H,19,20,21)/t13-/m1/s1. The first-order chi connectivity index (χ1) is 11.9. The van der Waals surface area contributed by atoms with E-state index in [1.807, 2.05) is 11.0 Å². The van der Waals surface area contributed by atoms with Gasteiger partial charge in [0.15, 0.2) is 0 Å². The van der Waals surface area contributed by atoms with Gasteiger partial charge in [-0.1, -0.05) is 0 Å². The zero-order valence-electron chi connectivity index (χ0n) is 14.6. The summed E-state index contributed by atoms with van der Waals surface area (Å²) in [6, 6.07) is 1.95. The molecule has 0 aliphatic carbocycles. The maximum absolute atomic E-state index is 12.3. The van der Waals surface area contributed by atoms with Crippen molar-refractivity contribution in [2.24, 2.45) is 0 Å². The first kappa shape index (κ1) is 17.3. The van der Waals surface area contributed by atoms with Gasteiger partial charge in [-0.25, -0.2) is 9.97 Å². The predicted molar refractivity (Wildman–Crippen MR) is 93.3 cm³/mol. The van der Waals surface area contributed by atoms with Crippen LogP contribution in [-0.2, 0) is 4.79 Å². The molecule has 0 radical (unpaired) electrons. The predicted octanol–water partition coefficient (Wildman–Crippen LogP) is 1.23. The highest BCUT2D eigenvalue weighted by Crippen LogP contribution is 2.18. The number of anilines is 1. The van der Waals surface area contributed by atoms with Crippen LogP contribution in [-0.4, -0.2) is 60.2 Å². The zero-order chi connectivity index (χ0) is 17.9. The molecule has 2 aromatic rings. The van der Waals surface area contributed by atoms with Gasteiger partial charge in [0.05, 0.1) is 12.0 Å². The molecule has 0 aromatic carbocycles. The molecule has 3 heterocycles. The minimum atomic E-state index is -0.982. The van der Waals surface area contributed by atoms with Crippen LogP contribution in [0.25, 0.3) is 5.95 Å². The van der Waals surface area contributed by atoms with Gasteiger partial charge < -0.3 is 15.3 Å². The van der Waals surface area contributed by atoms with Crippen LogP contribution in [0, 0.1) is 0 Å². The lowest BCUT2D eigenvalue weighted by Crippen LogP contribution is -2.46. The summed E-state index contributed by atoms with van der Waals surface area (Å²) in [5.41, 5.74) is -0.982. The van der Waals surface area contributed by atoms with E-state index < -0.39 is 5.60 Å². The second kappa shape index (κ2) is 7.18. The molecule has 134 valence electrons. The Morgan fingerprint density at radius 2 is 2.28 bits per heavy atom. The minimum Gasteiger partial charge on any atom is -0.390 e. The lowest BCUT2D eigenvalue weighted by atomic mass is 10.0. The van der Waals surface area contributed by atoms with Crippen molar-refractivity contribution in [1.82, 2.24) is 24.4 Å². The van der Waals surface area contributed by atoms with Crippen molar-refractivity contribution in [3.8, 4) is 5.95 Å². The van der Waals surface area contributed by atoms with Gasteiger partial charge in [-0.15, -0.1) is 0 Å². The highest BCUT2D eigenvalue weighted by Gasteiger charge is 2.27. The summed E-state index contributed by atoms with van der Waals surface area (Å²) < 4.78 is 1.74. The van der Waals surface area contributed by atoms with Crippen LogP contribution >= 0.6 is 0 Å². The number of rotatable bonds is 5. The molecule has 0 unspecified atom stereocenters. The summed E-state index contributed by atoms with van der Waals surface area (Å²) in [5, 5.41) is 13.2. The first-order valence-electron chi connectivity index (χ1n) is 8.49. The number of carbonyl (C=O) groups is 1. The first-order valence-corrected chi connectivity index (χ1v) is 8.49. The molecule has 1 amide bonds. The molecule has 0 bridgehead atoms. The highest BCUT2D eigenvalue weighted by molar-refractivity contribution is 5.77. The van der Waals surface area contributed by atoms with Crippen molar-refractivity contribution < 1.29 is 9.90 Å². The van der Waals surface area contributed by atoms with Crippen molar-refractivity contribution in [3.63, 3.8) is 0 Å². The number of carbonyl (C=O) groups excluding carboxylic acids is 1. The van der Waals surface area contributed by atoms with Crippen LogP contribution in [0.2, 0.25) is 0 Å². The number of aromatic nitrogens is 4. The van der Waals surface area contributed by atoms with Crippen LogP contribution in [0.5, 0.6) is 0 Å². The summed E-state index contributed by atoms with van der Waals surface area (Å²) in [5.74, 6) is 1.26. The van der Waals surface area contributed by atoms with Gasteiger partial charge in [0, 0.05) is 37.7 Å². The maximum Gasteiger partial charge on any atom is 0.236 e. The normalized spacial score (nSPS) is 18.2. The Hall–Kier alpha value is -2.48. The molecule has 2 N–H and O–H groups in total. The molecule has 25 heavy (non-hydrogen) atoms. The molecule has 1 fully saturated rings. The third kappa shape index (κ3) is 4.76. The molecule has 8 nitrogen and oxygen atoms in total. The van der Waals surface area contributed by atoms with Crippen LogP contribution in [0.15, 0.2) is 31.0 Å². The maximum atomic E-state index is 12.3. The van der Waals surface area contributed by atoms with Crippen LogP contribution < -0.4 is 5.32 Å². The van der Waals surface area contributed by atoms with Crippen molar-refractivity contribution in [3.05, 3.63) is 31.0 Å². The fourth-order valence-corrected chi connectivity index (χ4v) is 2.94. The lowest BCUT2D eigenvalue weighted by molar-refractivity contribution is -0.136. The molecule has 1 aliphatic rings. The van der Waals surface area contributed by atoms with E-state index in [1.165, 1.54) is 0 Å². The van der Waals surface area contributed by atoms with Crippen molar-refractivity contribution >= 4 is 11.7 Å². The highest BCUT2D eigenvalue weighted by atomic mass is 16.3. The number of hydrogen-bond acceptors (Lipinski definition) is 6. The van der Waals surface area contributed by atoms with Crippen molar-refractivity contribution in [1.29, 1.82) is 0 Å². The van der Waals surface area contributed by atoms with Crippen LogP contribution in [0.1, 0.15) is 33.1 Å². The average molecular weight is 344 g/mol. The molecule has 8 heteroatoms. The van der Waals surface area contributed by atoms with Crippen molar-refractivity contribution in [2.75, 3.05) is 18.4 Å². The molecule has 3 rings (SSSR count). The van der Waals surface area contributed by atoms with Gasteiger partial charge in [-0.05, 0) is 32.8 Å². The number of nitrogens with zero attached hydrogens (tertiary/aromatic N) is 5. The van der Waals surface area contributed by atoms with E-state index in [2.05, 4.69) is 20.3 Å². The van der Waals surface area contributed by atoms with Crippen LogP contribution in [0.3, 0.4) is 0 Å². The van der Waals surface area contributed by atoms with E-state index in [0.717, 1.165) is 25.2 Å². The van der Waals surface area contributed by atoms with Gasteiger partial charge in [0.25, 0.3) is 0 Å². The Balaban J connectivity index is 1.63. The third-order valence-corrected chi connectivity index (χ3v) is 4.09. The number of piperidine rings is 1. The van der Waals surface area contributed by atoms with Crippen LogP contribution in [0.4, 0.5) is 5.82 Å². The smallest absolute Gasteiger partial charge is 0.236 e. The molecular weight excluding hydrogens is 320 g/mol. The van der Waals surface area contributed by atoms with Gasteiger partial charge in [-0.3, -0.25) is 9.36 Å². The van der Waals surface area contributed by atoms with Gasteiger partial charge >= 0.3 is 0 Å². The largest absolute Gasteiger partial charge is 0.390 e. The number of amides is 1. The van der Waals surface area contributed by atoms with E-state index in [-0.39, 0.29) is 18.4 Å². The Kier molecular flexibility index (Phi) is 4.98.